The van der Waals surface area contributed by atoms with E-state index in [4.69, 9.17) is 0 Å². The first-order chi connectivity index (χ1) is 11.2. The number of aromatic nitrogens is 3. The van der Waals surface area contributed by atoms with Gasteiger partial charge >= 0.3 is 12.8 Å². The number of halogens is 5. The molecular formula is C15H14F5N3O. The van der Waals surface area contributed by atoms with Crippen molar-refractivity contribution in [2.75, 3.05) is 0 Å². The Labute approximate surface area is 134 Å². The van der Waals surface area contributed by atoms with Crippen LogP contribution in [0.25, 0.3) is 12.3 Å². The fourth-order valence-electron chi connectivity index (χ4n) is 1.64. The van der Waals surface area contributed by atoms with Crippen LogP contribution in [0.2, 0.25) is 0 Å². The molecule has 9 heteroatoms. The van der Waals surface area contributed by atoms with Crippen molar-refractivity contribution >= 4 is 12.3 Å². The van der Waals surface area contributed by atoms with Crippen LogP contribution in [0.5, 0.6) is 0 Å². The minimum absolute atomic E-state index is 0.0957. The van der Waals surface area contributed by atoms with Gasteiger partial charge in [0, 0.05) is 6.20 Å². The molecule has 1 heterocycles. The first-order valence-electron chi connectivity index (χ1n) is 6.47. The average Bonchev–Trinajstić information content (AvgIpc) is 2.89. The highest BCUT2D eigenvalue weighted by atomic mass is 19.4. The molecule has 4 nitrogen and oxygen atoms in total. The molecule has 0 saturated carbocycles. The zero-order valence-corrected chi connectivity index (χ0v) is 12.6. The van der Waals surface area contributed by atoms with Crippen LogP contribution in [0.4, 0.5) is 22.0 Å². The first-order valence-corrected chi connectivity index (χ1v) is 6.47. The predicted octanol–water partition coefficient (Wildman–Crippen LogP) is 4.67. The van der Waals surface area contributed by atoms with Crippen LogP contribution in [-0.2, 0) is 10.9 Å². The summed E-state index contributed by atoms with van der Waals surface area (Å²) in [7, 11) is 0. The second-order valence-corrected chi connectivity index (χ2v) is 4.32. The summed E-state index contributed by atoms with van der Waals surface area (Å²) < 4.78 is 67.1. The minimum atomic E-state index is -4.70. The molecule has 0 aliphatic rings. The molecule has 0 atom stereocenters. The highest BCUT2D eigenvalue weighted by Gasteiger charge is 2.37. The van der Waals surface area contributed by atoms with Gasteiger partial charge in [-0.1, -0.05) is 25.3 Å². The molecule has 0 amide bonds. The number of alkyl halides is 5. The van der Waals surface area contributed by atoms with E-state index in [-0.39, 0.29) is 5.82 Å². The lowest BCUT2D eigenvalue weighted by Gasteiger charge is -2.09. The number of ether oxygens (including phenoxy) is 1. The molecule has 0 bridgehead atoms. The van der Waals surface area contributed by atoms with Gasteiger partial charge in [-0.05, 0) is 30.2 Å². The zero-order valence-electron chi connectivity index (χ0n) is 12.6. The van der Waals surface area contributed by atoms with Crippen molar-refractivity contribution in [3.63, 3.8) is 0 Å². The molecule has 0 aliphatic heterocycles. The number of hydrogen-bond acceptors (Lipinski definition) is 3. The van der Waals surface area contributed by atoms with E-state index in [0.29, 0.717) is 11.1 Å². The third kappa shape index (κ3) is 5.18. The van der Waals surface area contributed by atoms with Crippen LogP contribution in [-0.4, -0.2) is 21.4 Å². The van der Waals surface area contributed by atoms with Gasteiger partial charge in [-0.2, -0.15) is 22.0 Å². The quantitative estimate of drug-likeness (QED) is 0.409. The minimum Gasteiger partial charge on any atom is -0.443 e. The van der Waals surface area contributed by atoms with Crippen molar-refractivity contribution in [1.82, 2.24) is 14.8 Å². The molecule has 1 rings (SSSR count). The molecule has 0 aromatic carbocycles. The van der Waals surface area contributed by atoms with Gasteiger partial charge in [0.1, 0.15) is 0 Å². The van der Waals surface area contributed by atoms with Crippen LogP contribution in [0.1, 0.15) is 18.6 Å². The second kappa shape index (κ2) is 8.23. The number of nitrogens with zero attached hydrogens (tertiary/aromatic N) is 3. The zero-order chi connectivity index (χ0) is 18.3. The third-order valence-corrected chi connectivity index (χ3v) is 2.69. The van der Waals surface area contributed by atoms with Crippen molar-refractivity contribution in [1.29, 1.82) is 0 Å². The van der Waals surface area contributed by atoms with E-state index in [1.807, 2.05) is 0 Å². The smallest absolute Gasteiger partial charge is 0.443 e. The van der Waals surface area contributed by atoms with E-state index in [2.05, 4.69) is 28.1 Å². The third-order valence-electron chi connectivity index (χ3n) is 2.69. The summed E-state index contributed by atoms with van der Waals surface area (Å²) in [6, 6.07) is 0. The molecule has 24 heavy (non-hydrogen) atoms. The molecule has 0 saturated heterocycles. The Morgan fingerprint density at radius 1 is 1.25 bits per heavy atom. The van der Waals surface area contributed by atoms with Gasteiger partial charge in [-0.15, -0.1) is 10.2 Å². The summed E-state index contributed by atoms with van der Waals surface area (Å²) in [5.74, 6) is -1.31. The van der Waals surface area contributed by atoms with E-state index in [0.717, 1.165) is 23.1 Å². The van der Waals surface area contributed by atoms with Crippen LogP contribution < -0.4 is 0 Å². The lowest BCUT2D eigenvalue weighted by molar-refractivity contribution is -0.146. The molecule has 0 N–H and O–H groups in total. The molecule has 1 aromatic rings. The lowest BCUT2D eigenvalue weighted by Crippen LogP contribution is -2.13. The summed E-state index contributed by atoms with van der Waals surface area (Å²) in [5.41, 5.74) is 0.751. The fraction of sp³-hybridized carbons (Fsp3) is 0.200. The Balaban J connectivity index is 3.21. The summed E-state index contributed by atoms with van der Waals surface area (Å²) in [6.07, 6.45) is 2.21. The van der Waals surface area contributed by atoms with Crippen LogP contribution in [0.3, 0.4) is 0 Å². The molecule has 130 valence electrons. The van der Waals surface area contributed by atoms with Gasteiger partial charge in [0.15, 0.2) is 5.82 Å². The van der Waals surface area contributed by atoms with Crippen LogP contribution in [0, 0.1) is 0 Å². The van der Waals surface area contributed by atoms with Gasteiger partial charge in [-0.25, -0.2) is 0 Å². The molecular weight excluding hydrogens is 333 g/mol. The molecule has 0 aliphatic carbocycles. The van der Waals surface area contributed by atoms with Crippen molar-refractivity contribution in [3.8, 4) is 0 Å². The highest BCUT2D eigenvalue weighted by Crippen LogP contribution is 2.29. The van der Waals surface area contributed by atoms with Crippen molar-refractivity contribution in [2.45, 2.75) is 19.7 Å². The predicted molar refractivity (Wildman–Crippen MR) is 79.6 cm³/mol. The van der Waals surface area contributed by atoms with E-state index in [1.165, 1.54) is 25.2 Å². The summed E-state index contributed by atoms with van der Waals surface area (Å²) >= 11 is 0. The maximum Gasteiger partial charge on any atom is 0.452 e. The summed E-state index contributed by atoms with van der Waals surface area (Å²) in [4.78, 5) is 0. The number of rotatable bonds is 7. The highest BCUT2D eigenvalue weighted by molar-refractivity contribution is 5.52. The topological polar surface area (TPSA) is 39.9 Å². The number of hydrogen-bond donors (Lipinski definition) is 0. The van der Waals surface area contributed by atoms with Crippen molar-refractivity contribution < 1.29 is 26.7 Å². The molecule has 0 fully saturated rings. The van der Waals surface area contributed by atoms with Gasteiger partial charge < -0.3 is 4.74 Å². The Kier molecular flexibility index (Phi) is 6.63. The maximum absolute atomic E-state index is 12.9. The number of allylic oxidation sites excluding steroid dienone is 5. The fourth-order valence-corrected chi connectivity index (χ4v) is 1.64. The van der Waals surface area contributed by atoms with E-state index < -0.39 is 18.6 Å². The molecule has 0 radical (unpaired) electrons. The Morgan fingerprint density at radius 3 is 2.42 bits per heavy atom. The monoisotopic (exact) mass is 347 g/mol. The van der Waals surface area contributed by atoms with E-state index in [9.17, 15) is 22.0 Å². The van der Waals surface area contributed by atoms with E-state index >= 15 is 0 Å². The van der Waals surface area contributed by atoms with Crippen molar-refractivity contribution in [2.24, 2.45) is 0 Å². The Morgan fingerprint density at radius 2 is 1.92 bits per heavy atom. The van der Waals surface area contributed by atoms with E-state index in [1.54, 1.807) is 0 Å². The maximum atomic E-state index is 12.9. The van der Waals surface area contributed by atoms with Gasteiger partial charge in [-0.3, -0.25) is 4.57 Å². The summed E-state index contributed by atoms with van der Waals surface area (Å²) in [6.45, 7) is 5.46. The summed E-state index contributed by atoms with van der Waals surface area (Å²) in [5, 5.41) is 6.50. The largest absolute Gasteiger partial charge is 0.452 e. The average molecular weight is 347 g/mol. The second-order valence-electron chi connectivity index (χ2n) is 4.32. The lowest BCUT2D eigenvalue weighted by atomic mass is 10.1. The van der Waals surface area contributed by atoms with Crippen LogP contribution in [0.15, 0.2) is 48.8 Å². The molecule has 1 aromatic heterocycles. The van der Waals surface area contributed by atoms with Gasteiger partial charge in [0.25, 0.3) is 0 Å². The standard InChI is InChI=1S/C15H14F5N3O/c1-4-11(7-6-8-24-14(16)17)10(3)9-23-12(5-2)21-22-13(23)15(18,19)20/h4-9,14H,1-2H2,3H3/b8-6+,10-9+,11-7+. The normalized spacial score (nSPS) is 13.6. The van der Waals surface area contributed by atoms with Crippen LogP contribution >= 0.6 is 0 Å². The van der Waals surface area contributed by atoms with Crippen molar-refractivity contribution in [3.05, 3.63) is 60.4 Å². The van der Waals surface area contributed by atoms with Gasteiger partial charge in [0.05, 0.1) is 6.26 Å². The molecule has 0 spiro atoms. The Bertz CT molecular complexity index is 684. The molecule has 0 unspecified atom stereocenters. The first kappa shape index (κ1) is 19.3. The SMILES string of the molecule is C=CC(=C\C=C\OC(F)F)/C(C)=C/n1c(C=C)nnc1C(F)(F)F. The van der Waals surface area contributed by atoms with Gasteiger partial charge in [0.2, 0.25) is 5.82 Å². The Hall–Kier alpha value is -2.71.